The van der Waals surface area contributed by atoms with Crippen LogP contribution < -0.4 is 11.3 Å². The zero-order chi connectivity index (χ0) is 13.7. The molecule has 0 unspecified atom stereocenters. The van der Waals surface area contributed by atoms with Crippen molar-refractivity contribution in [1.82, 2.24) is 10.3 Å². The fraction of sp³-hybridized carbons (Fsp3) is 0.533. The molecular formula is C15H23N3O. The van der Waals surface area contributed by atoms with E-state index < -0.39 is 0 Å². The number of hydrogen-bond donors (Lipinski definition) is 2. The molecule has 3 N–H and O–H groups in total. The number of nitrogens with two attached hydrogens (primary N) is 1. The van der Waals surface area contributed by atoms with E-state index in [-0.39, 0.29) is 5.91 Å². The summed E-state index contributed by atoms with van der Waals surface area (Å²) in [7, 11) is 0. The molecule has 1 saturated heterocycles. The van der Waals surface area contributed by atoms with Crippen LogP contribution in [0, 0.1) is 5.92 Å². The summed E-state index contributed by atoms with van der Waals surface area (Å²) in [5, 5.41) is 0. The number of benzene rings is 1. The number of nitrogen functional groups attached to an aromatic ring is 1. The molecule has 4 heteroatoms. The van der Waals surface area contributed by atoms with E-state index in [4.69, 9.17) is 5.84 Å². The fourth-order valence-corrected chi connectivity index (χ4v) is 2.71. The number of amides is 1. The van der Waals surface area contributed by atoms with Crippen LogP contribution in [0.5, 0.6) is 0 Å². The average Bonchev–Trinajstić information content (AvgIpc) is 2.47. The lowest BCUT2D eigenvalue weighted by molar-refractivity contribution is 0.0953. The molecule has 0 aromatic heterocycles. The molecule has 1 fully saturated rings. The van der Waals surface area contributed by atoms with Crippen LogP contribution in [0.4, 0.5) is 0 Å². The number of carbonyl (C=O) groups is 1. The second kappa shape index (κ2) is 6.68. The first-order valence-corrected chi connectivity index (χ1v) is 7.05. The first kappa shape index (κ1) is 14.0. The van der Waals surface area contributed by atoms with Crippen molar-refractivity contribution in [3.05, 3.63) is 35.4 Å². The summed E-state index contributed by atoms with van der Waals surface area (Å²) < 4.78 is 0. The molecule has 2 rings (SSSR count). The van der Waals surface area contributed by atoms with Gasteiger partial charge in [-0.25, -0.2) is 5.84 Å². The quantitative estimate of drug-likeness (QED) is 0.494. The van der Waals surface area contributed by atoms with E-state index in [1.807, 2.05) is 12.1 Å². The van der Waals surface area contributed by atoms with E-state index >= 15 is 0 Å². The van der Waals surface area contributed by atoms with E-state index in [0.717, 1.165) is 25.6 Å². The standard InChI is InChI=1S/C15H23N3O/c1-2-12-6-8-18(9-7-12)11-13-4-3-5-14(10-13)15(19)17-16/h3-5,10,12H,2,6-9,11,16H2,1H3,(H,17,19). The Balaban J connectivity index is 1.94. The molecule has 0 radical (unpaired) electrons. The first-order valence-electron chi connectivity index (χ1n) is 7.05. The molecule has 1 amide bonds. The molecule has 1 aromatic carbocycles. The van der Waals surface area contributed by atoms with Crippen LogP contribution in [0.25, 0.3) is 0 Å². The number of hydrazine groups is 1. The zero-order valence-corrected chi connectivity index (χ0v) is 11.6. The second-order valence-electron chi connectivity index (χ2n) is 5.30. The molecule has 0 bridgehead atoms. The van der Waals surface area contributed by atoms with Crippen LogP contribution in [-0.4, -0.2) is 23.9 Å². The molecule has 19 heavy (non-hydrogen) atoms. The highest BCUT2D eigenvalue weighted by Crippen LogP contribution is 2.21. The maximum atomic E-state index is 11.5. The number of likely N-dealkylation sites (tertiary alicyclic amines) is 1. The molecule has 1 aromatic rings. The average molecular weight is 261 g/mol. The molecule has 104 valence electrons. The summed E-state index contributed by atoms with van der Waals surface area (Å²) in [5.74, 6) is 5.82. The van der Waals surface area contributed by atoms with Crippen LogP contribution >= 0.6 is 0 Å². The minimum atomic E-state index is -0.230. The van der Waals surface area contributed by atoms with Gasteiger partial charge in [0.2, 0.25) is 0 Å². The van der Waals surface area contributed by atoms with E-state index in [0.29, 0.717) is 5.56 Å². The molecule has 1 aliphatic rings. The second-order valence-corrected chi connectivity index (χ2v) is 5.30. The van der Waals surface area contributed by atoms with Gasteiger partial charge in [-0.1, -0.05) is 25.5 Å². The lowest BCUT2D eigenvalue weighted by Gasteiger charge is -2.31. The van der Waals surface area contributed by atoms with Crippen LogP contribution in [0.15, 0.2) is 24.3 Å². The predicted octanol–water partition coefficient (Wildman–Crippen LogP) is 1.91. The van der Waals surface area contributed by atoms with Crippen molar-refractivity contribution in [2.75, 3.05) is 13.1 Å². The van der Waals surface area contributed by atoms with Crippen LogP contribution in [-0.2, 0) is 6.54 Å². The normalized spacial score (nSPS) is 17.4. The first-order chi connectivity index (χ1) is 9.22. The predicted molar refractivity (Wildman–Crippen MR) is 76.4 cm³/mol. The van der Waals surface area contributed by atoms with Crippen molar-refractivity contribution < 1.29 is 4.79 Å². The van der Waals surface area contributed by atoms with Crippen molar-refractivity contribution in [2.45, 2.75) is 32.7 Å². The largest absolute Gasteiger partial charge is 0.299 e. The van der Waals surface area contributed by atoms with Gasteiger partial charge in [-0.05, 0) is 49.5 Å². The third kappa shape index (κ3) is 3.78. The van der Waals surface area contributed by atoms with Gasteiger partial charge in [0, 0.05) is 12.1 Å². The number of rotatable bonds is 4. The molecule has 1 heterocycles. The molecule has 0 saturated carbocycles. The maximum absolute atomic E-state index is 11.5. The van der Waals surface area contributed by atoms with Gasteiger partial charge in [-0.15, -0.1) is 0 Å². The molecule has 0 aliphatic carbocycles. The van der Waals surface area contributed by atoms with Crippen molar-refractivity contribution in [3.63, 3.8) is 0 Å². The summed E-state index contributed by atoms with van der Waals surface area (Å²) in [6.45, 7) is 5.51. The van der Waals surface area contributed by atoms with Crippen LogP contribution in [0.2, 0.25) is 0 Å². The molecule has 0 atom stereocenters. The minimum Gasteiger partial charge on any atom is -0.299 e. The van der Waals surface area contributed by atoms with Crippen LogP contribution in [0.1, 0.15) is 42.1 Å². The lowest BCUT2D eigenvalue weighted by atomic mass is 9.94. The Morgan fingerprint density at radius 3 is 2.79 bits per heavy atom. The van der Waals surface area contributed by atoms with Gasteiger partial charge < -0.3 is 0 Å². The van der Waals surface area contributed by atoms with Gasteiger partial charge in [0.25, 0.3) is 5.91 Å². The topological polar surface area (TPSA) is 58.4 Å². The summed E-state index contributed by atoms with van der Waals surface area (Å²) in [4.78, 5) is 14.0. The van der Waals surface area contributed by atoms with Gasteiger partial charge in [-0.2, -0.15) is 0 Å². The van der Waals surface area contributed by atoms with Gasteiger partial charge in [0.15, 0.2) is 0 Å². The maximum Gasteiger partial charge on any atom is 0.265 e. The third-order valence-corrected chi connectivity index (χ3v) is 4.01. The Morgan fingerprint density at radius 1 is 1.42 bits per heavy atom. The Kier molecular flexibility index (Phi) is 4.93. The van der Waals surface area contributed by atoms with Gasteiger partial charge >= 0.3 is 0 Å². The van der Waals surface area contributed by atoms with Crippen molar-refractivity contribution >= 4 is 5.91 Å². The third-order valence-electron chi connectivity index (χ3n) is 4.01. The Labute approximate surface area is 114 Å². The summed E-state index contributed by atoms with van der Waals surface area (Å²) in [6.07, 6.45) is 3.87. The van der Waals surface area contributed by atoms with Crippen molar-refractivity contribution in [3.8, 4) is 0 Å². The zero-order valence-electron chi connectivity index (χ0n) is 11.6. The van der Waals surface area contributed by atoms with E-state index in [9.17, 15) is 4.79 Å². The van der Waals surface area contributed by atoms with E-state index in [1.165, 1.54) is 24.8 Å². The molecule has 0 spiro atoms. The van der Waals surface area contributed by atoms with Gasteiger partial charge in [0.1, 0.15) is 0 Å². The summed E-state index contributed by atoms with van der Waals surface area (Å²) >= 11 is 0. The molecule has 1 aliphatic heterocycles. The number of carbonyl (C=O) groups excluding carboxylic acids is 1. The number of hydrogen-bond acceptors (Lipinski definition) is 3. The minimum absolute atomic E-state index is 0.230. The molecule has 4 nitrogen and oxygen atoms in total. The van der Waals surface area contributed by atoms with Crippen LogP contribution in [0.3, 0.4) is 0 Å². The Bertz CT molecular complexity index is 425. The number of nitrogens with one attached hydrogen (secondary N) is 1. The summed E-state index contributed by atoms with van der Waals surface area (Å²) in [6, 6.07) is 7.70. The van der Waals surface area contributed by atoms with E-state index in [1.54, 1.807) is 6.07 Å². The monoisotopic (exact) mass is 261 g/mol. The highest BCUT2D eigenvalue weighted by Gasteiger charge is 2.17. The van der Waals surface area contributed by atoms with E-state index in [2.05, 4.69) is 23.3 Å². The smallest absolute Gasteiger partial charge is 0.265 e. The van der Waals surface area contributed by atoms with Gasteiger partial charge in [0.05, 0.1) is 0 Å². The van der Waals surface area contributed by atoms with Crippen molar-refractivity contribution in [1.29, 1.82) is 0 Å². The Hall–Kier alpha value is -1.39. The van der Waals surface area contributed by atoms with Crippen molar-refractivity contribution in [2.24, 2.45) is 11.8 Å². The fourth-order valence-electron chi connectivity index (χ4n) is 2.71. The SMILES string of the molecule is CCC1CCN(Cc2cccc(C(=O)NN)c2)CC1. The number of piperidine rings is 1. The number of nitrogens with zero attached hydrogens (tertiary/aromatic N) is 1. The summed E-state index contributed by atoms with van der Waals surface area (Å²) in [5.41, 5.74) is 3.98. The Morgan fingerprint density at radius 2 is 2.16 bits per heavy atom. The molecular weight excluding hydrogens is 238 g/mol. The highest BCUT2D eigenvalue weighted by molar-refractivity contribution is 5.93. The lowest BCUT2D eigenvalue weighted by Crippen LogP contribution is -2.33. The highest BCUT2D eigenvalue weighted by atomic mass is 16.2. The van der Waals surface area contributed by atoms with Gasteiger partial charge in [-0.3, -0.25) is 15.1 Å².